The van der Waals surface area contributed by atoms with E-state index in [2.05, 4.69) is 41.0 Å². The molecule has 5 heteroatoms. The summed E-state index contributed by atoms with van der Waals surface area (Å²) in [6, 6.07) is 18.1. The normalized spacial score (nSPS) is 16.5. The second-order valence-electron chi connectivity index (χ2n) is 7.01. The lowest BCUT2D eigenvalue weighted by Crippen LogP contribution is -2.40. The minimum atomic E-state index is -0.632. The van der Waals surface area contributed by atoms with E-state index in [9.17, 15) is 5.11 Å². The van der Waals surface area contributed by atoms with Gasteiger partial charge in [-0.05, 0) is 43.0 Å². The second-order valence-corrected chi connectivity index (χ2v) is 7.01. The summed E-state index contributed by atoms with van der Waals surface area (Å²) in [5, 5.41) is 17.0. The molecule has 0 heterocycles. The molecule has 0 aliphatic heterocycles. The highest BCUT2D eigenvalue weighted by molar-refractivity contribution is 5.79. The summed E-state index contributed by atoms with van der Waals surface area (Å²) in [6.45, 7) is 3.96. The fourth-order valence-electron chi connectivity index (χ4n) is 3.21. The summed E-state index contributed by atoms with van der Waals surface area (Å²) in [5.74, 6) is 1.48. The molecule has 5 nitrogen and oxygen atoms in total. The van der Waals surface area contributed by atoms with Crippen molar-refractivity contribution in [3.8, 4) is 5.75 Å². The molecular formula is C22H29N3O2. The molecule has 3 N–H and O–H groups in total. The first-order valence-corrected chi connectivity index (χ1v) is 9.56. The van der Waals surface area contributed by atoms with Gasteiger partial charge in [0.2, 0.25) is 0 Å². The molecule has 1 fully saturated rings. The van der Waals surface area contributed by atoms with Gasteiger partial charge in [0.15, 0.2) is 5.96 Å². The molecule has 2 aromatic rings. The van der Waals surface area contributed by atoms with E-state index in [0.29, 0.717) is 6.54 Å². The molecule has 1 saturated carbocycles. The molecule has 0 aromatic heterocycles. The number of aliphatic hydroxyl groups is 1. The van der Waals surface area contributed by atoms with Crippen molar-refractivity contribution >= 4 is 5.96 Å². The minimum absolute atomic E-state index is 0.176. The molecule has 0 bridgehead atoms. The predicted molar refractivity (Wildman–Crippen MR) is 109 cm³/mol. The molecule has 0 radical (unpaired) electrons. The van der Waals surface area contributed by atoms with Crippen molar-refractivity contribution < 1.29 is 9.84 Å². The standard InChI is InChI=1S/C22H29N3O2/c1-3-23-21(24-15-20(26)17-8-7-11-19(14-17)27-2)25-16-22(12-13-22)18-9-5-4-6-10-18/h4-11,14,20,26H,3,12-13,15-16H2,1-2H3,(H2,23,24,25). The first-order chi connectivity index (χ1) is 13.2. The number of aliphatic hydroxyl groups excluding tert-OH is 1. The molecule has 0 spiro atoms. The Kier molecular flexibility index (Phi) is 6.35. The van der Waals surface area contributed by atoms with Crippen molar-refractivity contribution in [1.82, 2.24) is 10.6 Å². The van der Waals surface area contributed by atoms with Crippen LogP contribution in [0.5, 0.6) is 5.75 Å². The Balaban J connectivity index is 1.61. The molecule has 3 rings (SSSR count). The summed E-state index contributed by atoms with van der Waals surface area (Å²) < 4.78 is 5.23. The maximum absolute atomic E-state index is 10.5. The molecule has 0 amide bonds. The first-order valence-electron chi connectivity index (χ1n) is 9.56. The molecule has 27 heavy (non-hydrogen) atoms. The largest absolute Gasteiger partial charge is 0.497 e. The Bertz CT molecular complexity index is 757. The molecular weight excluding hydrogens is 338 g/mol. The number of hydrogen-bond donors (Lipinski definition) is 3. The van der Waals surface area contributed by atoms with E-state index in [1.807, 2.05) is 31.2 Å². The second kappa shape index (κ2) is 8.91. The van der Waals surface area contributed by atoms with Crippen LogP contribution in [0.2, 0.25) is 0 Å². The lowest BCUT2D eigenvalue weighted by Gasteiger charge is -2.18. The van der Waals surface area contributed by atoms with E-state index in [1.54, 1.807) is 7.11 Å². The predicted octanol–water partition coefficient (Wildman–Crippen LogP) is 3.02. The van der Waals surface area contributed by atoms with Crippen LogP contribution in [0, 0.1) is 0 Å². The van der Waals surface area contributed by atoms with Crippen LogP contribution in [0.1, 0.15) is 37.0 Å². The highest BCUT2D eigenvalue weighted by Crippen LogP contribution is 2.48. The number of methoxy groups -OCH3 is 1. The van der Waals surface area contributed by atoms with Crippen molar-refractivity contribution in [3.05, 3.63) is 65.7 Å². The number of nitrogens with one attached hydrogen (secondary N) is 2. The molecule has 1 aliphatic rings. The molecule has 2 aromatic carbocycles. The average molecular weight is 367 g/mol. The smallest absolute Gasteiger partial charge is 0.191 e. The van der Waals surface area contributed by atoms with E-state index in [-0.39, 0.29) is 5.41 Å². The molecule has 1 atom stereocenters. The SMILES string of the molecule is CCNC(=NCC1(c2ccccc2)CC1)NCC(O)c1cccc(OC)c1. The topological polar surface area (TPSA) is 65.9 Å². The number of nitrogens with zero attached hydrogens (tertiary/aromatic N) is 1. The van der Waals surface area contributed by atoms with Gasteiger partial charge >= 0.3 is 0 Å². The summed E-state index contributed by atoms with van der Waals surface area (Å²) in [6.07, 6.45) is 1.71. The van der Waals surface area contributed by atoms with Gasteiger partial charge in [-0.15, -0.1) is 0 Å². The summed E-state index contributed by atoms with van der Waals surface area (Å²) in [7, 11) is 1.63. The maximum atomic E-state index is 10.5. The van der Waals surface area contributed by atoms with Gasteiger partial charge in [-0.1, -0.05) is 42.5 Å². The molecule has 1 unspecified atom stereocenters. The Morgan fingerprint density at radius 3 is 2.59 bits per heavy atom. The van der Waals surface area contributed by atoms with Crippen LogP contribution < -0.4 is 15.4 Å². The Morgan fingerprint density at radius 1 is 1.15 bits per heavy atom. The van der Waals surface area contributed by atoms with E-state index in [4.69, 9.17) is 9.73 Å². The fraction of sp³-hybridized carbons (Fsp3) is 0.409. The van der Waals surface area contributed by atoms with E-state index < -0.39 is 6.10 Å². The van der Waals surface area contributed by atoms with Crippen LogP contribution >= 0.6 is 0 Å². The third kappa shape index (κ3) is 5.01. The molecule has 0 saturated heterocycles. The van der Waals surface area contributed by atoms with Crippen LogP contribution in [0.3, 0.4) is 0 Å². The average Bonchev–Trinajstić information content (AvgIpc) is 3.52. The van der Waals surface area contributed by atoms with E-state index in [0.717, 1.165) is 30.4 Å². The number of benzene rings is 2. The quantitative estimate of drug-likeness (QED) is 0.496. The number of aliphatic imine (C=N–C) groups is 1. The van der Waals surface area contributed by atoms with Gasteiger partial charge in [0, 0.05) is 18.5 Å². The van der Waals surface area contributed by atoms with Crippen molar-refractivity contribution in [1.29, 1.82) is 0 Å². The lowest BCUT2D eigenvalue weighted by molar-refractivity contribution is 0.180. The Morgan fingerprint density at radius 2 is 1.93 bits per heavy atom. The van der Waals surface area contributed by atoms with Crippen molar-refractivity contribution in [2.75, 3.05) is 26.7 Å². The summed E-state index contributed by atoms with van der Waals surface area (Å²) in [4.78, 5) is 4.78. The third-order valence-corrected chi connectivity index (χ3v) is 5.07. The van der Waals surface area contributed by atoms with Crippen LogP contribution in [-0.4, -0.2) is 37.8 Å². The van der Waals surface area contributed by atoms with Crippen LogP contribution in [0.15, 0.2) is 59.6 Å². The monoisotopic (exact) mass is 367 g/mol. The summed E-state index contributed by atoms with van der Waals surface area (Å²) in [5.41, 5.74) is 2.36. The van der Waals surface area contributed by atoms with E-state index >= 15 is 0 Å². The molecule has 1 aliphatic carbocycles. The van der Waals surface area contributed by atoms with Gasteiger partial charge in [-0.25, -0.2) is 0 Å². The first kappa shape index (κ1) is 19.2. The van der Waals surface area contributed by atoms with Gasteiger partial charge in [0.1, 0.15) is 5.75 Å². The fourth-order valence-corrected chi connectivity index (χ4v) is 3.21. The number of ether oxygens (including phenoxy) is 1. The Hall–Kier alpha value is -2.53. The zero-order valence-corrected chi connectivity index (χ0v) is 16.1. The van der Waals surface area contributed by atoms with E-state index in [1.165, 1.54) is 18.4 Å². The zero-order valence-electron chi connectivity index (χ0n) is 16.1. The summed E-state index contributed by atoms with van der Waals surface area (Å²) >= 11 is 0. The van der Waals surface area contributed by atoms with Crippen LogP contribution in [-0.2, 0) is 5.41 Å². The van der Waals surface area contributed by atoms with Gasteiger partial charge in [0.25, 0.3) is 0 Å². The van der Waals surface area contributed by atoms with Crippen molar-refractivity contribution in [3.63, 3.8) is 0 Å². The van der Waals surface area contributed by atoms with Gasteiger partial charge in [0.05, 0.1) is 19.8 Å². The number of guanidine groups is 1. The number of rotatable bonds is 8. The van der Waals surface area contributed by atoms with Crippen molar-refractivity contribution in [2.24, 2.45) is 4.99 Å². The van der Waals surface area contributed by atoms with Crippen molar-refractivity contribution in [2.45, 2.75) is 31.3 Å². The number of hydrogen-bond acceptors (Lipinski definition) is 3. The Labute approximate surface area is 161 Å². The van der Waals surface area contributed by atoms with Crippen LogP contribution in [0.25, 0.3) is 0 Å². The van der Waals surface area contributed by atoms with Gasteiger partial charge in [-0.2, -0.15) is 0 Å². The highest BCUT2D eigenvalue weighted by atomic mass is 16.5. The maximum Gasteiger partial charge on any atom is 0.191 e. The zero-order chi connectivity index (χ0) is 19.1. The molecule has 144 valence electrons. The third-order valence-electron chi connectivity index (χ3n) is 5.07. The van der Waals surface area contributed by atoms with Crippen LogP contribution in [0.4, 0.5) is 0 Å². The lowest BCUT2D eigenvalue weighted by atomic mass is 9.96. The van der Waals surface area contributed by atoms with Gasteiger partial charge in [-0.3, -0.25) is 4.99 Å². The highest BCUT2D eigenvalue weighted by Gasteiger charge is 2.43. The van der Waals surface area contributed by atoms with Gasteiger partial charge < -0.3 is 20.5 Å². The minimum Gasteiger partial charge on any atom is -0.497 e.